The van der Waals surface area contributed by atoms with Gasteiger partial charge in [0, 0.05) is 6.54 Å². The van der Waals surface area contributed by atoms with E-state index in [-0.39, 0.29) is 23.9 Å². The lowest BCUT2D eigenvalue weighted by Gasteiger charge is -2.24. The number of hydrogen-bond acceptors (Lipinski definition) is 2. The fraction of sp³-hybridized carbons (Fsp3) is 0.533. The molecule has 4 heteroatoms. The summed E-state index contributed by atoms with van der Waals surface area (Å²) >= 11 is 0. The summed E-state index contributed by atoms with van der Waals surface area (Å²) in [7, 11) is 0. The third-order valence-electron chi connectivity index (χ3n) is 4.03. The predicted octanol–water partition coefficient (Wildman–Crippen LogP) is 2.44. The molecule has 1 saturated carbocycles. The van der Waals surface area contributed by atoms with Gasteiger partial charge in [-0.05, 0) is 37.0 Å². The Morgan fingerprint density at radius 2 is 2.00 bits per heavy atom. The van der Waals surface area contributed by atoms with Gasteiger partial charge in [-0.1, -0.05) is 25.0 Å². The van der Waals surface area contributed by atoms with E-state index in [4.69, 9.17) is 0 Å². The van der Waals surface area contributed by atoms with Gasteiger partial charge in [0.05, 0.1) is 6.04 Å². The molecule has 2 atom stereocenters. The van der Waals surface area contributed by atoms with Gasteiger partial charge in [0.1, 0.15) is 12.0 Å². The minimum absolute atomic E-state index is 0.109. The summed E-state index contributed by atoms with van der Waals surface area (Å²) in [6, 6.07) is 6.24. The van der Waals surface area contributed by atoms with Crippen molar-refractivity contribution in [1.82, 2.24) is 10.2 Å². The summed E-state index contributed by atoms with van der Waals surface area (Å²) in [6.07, 6.45) is 3.57. The van der Waals surface area contributed by atoms with E-state index >= 15 is 0 Å². The molecule has 3 rings (SSSR count). The molecule has 1 aliphatic carbocycles. The maximum absolute atomic E-state index is 13.0. The van der Waals surface area contributed by atoms with Crippen LogP contribution in [0.15, 0.2) is 24.3 Å². The van der Waals surface area contributed by atoms with Crippen LogP contribution in [0.1, 0.15) is 37.9 Å². The molecule has 1 heterocycles. The zero-order valence-corrected chi connectivity index (χ0v) is 11.1. The average Bonchev–Trinajstić information content (AvgIpc) is 3.18. The number of carbonyl (C=O) groups excluding carboxylic acids is 1. The van der Waals surface area contributed by atoms with Crippen LogP contribution in [0, 0.1) is 11.7 Å². The van der Waals surface area contributed by atoms with Crippen LogP contribution in [0.3, 0.4) is 0 Å². The molecule has 2 aliphatic rings. The van der Waals surface area contributed by atoms with Gasteiger partial charge in [-0.25, -0.2) is 4.39 Å². The lowest BCUT2D eigenvalue weighted by molar-refractivity contribution is -0.129. The molecule has 1 saturated heterocycles. The molecule has 1 aliphatic heterocycles. The number of halogens is 1. The van der Waals surface area contributed by atoms with Gasteiger partial charge in [-0.3, -0.25) is 10.1 Å². The Balaban J connectivity index is 1.76. The fourth-order valence-electron chi connectivity index (χ4n) is 2.66. The van der Waals surface area contributed by atoms with Gasteiger partial charge in [-0.15, -0.1) is 0 Å². The highest BCUT2D eigenvalue weighted by atomic mass is 19.1. The first-order valence-corrected chi connectivity index (χ1v) is 6.97. The SMILES string of the molecule is CC1NC(c2ccc(F)cc2)N(CCC2CC2)C1=O. The van der Waals surface area contributed by atoms with Crippen LogP contribution >= 0.6 is 0 Å². The Morgan fingerprint density at radius 1 is 1.32 bits per heavy atom. The molecular weight excluding hydrogens is 243 g/mol. The van der Waals surface area contributed by atoms with Crippen molar-refractivity contribution in [1.29, 1.82) is 0 Å². The summed E-state index contributed by atoms with van der Waals surface area (Å²) < 4.78 is 13.0. The van der Waals surface area contributed by atoms with Gasteiger partial charge in [0.25, 0.3) is 0 Å². The van der Waals surface area contributed by atoms with Crippen LogP contribution in [0.25, 0.3) is 0 Å². The predicted molar refractivity (Wildman–Crippen MR) is 70.8 cm³/mol. The van der Waals surface area contributed by atoms with Crippen LogP contribution in [0.5, 0.6) is 0 Å². The molecule has 2 fully saturated rings. The minimum atomic E-state index is -0.245. The maximum Gasteiger partial charge on any atom is 0.241 e. The molecule has 0 bridgehead atoms. The Bertz CT molecular complexity index is 470. The van der Waals surface area contributed by atoms with Crippen molar-refractivity contribution in [2.24, 2.45) is 5.92 Å². The molecule has 1 N–H and O–H groups in total. The molecular formula is C15H19FN2O. The van der Waals surface area contributed by atoms with Gasteiger partial charge >= 0.3 is 0 Å². The molecule has 1 aromatic rings. The second kappa shape index (κ2) is 4.93. The van der Waals surface area contributed by atoms with Crippen molar-refractivity contribution in [2.75, 3.05) is 6.54 Å². The molecule has 19 heavy (non-hydrogen) atoms. The number of amides is 1. The quantitative estimate of drug-likeness (QED) is 0.904. The molecule has 1 aromatic carbocycles. The highest BCUT2D eigenvalue weighted by Gasteiger charge is 2.37. The van der Waals surface area contributed by atoms with E-state index in [1.54, 1.807) is 12.1 Å². The minimum Gasteiger partial charge on any atom is -0.322 e. The summed E-state index contributed by atoms with van der Waals surface area (Å²) in [5.74, 6) is 0.707. The Kier molecular flexibility index (Phi) is 3.27. The largest absolute Gasteiger partial charge is 0.322 e. The van der Waals surface area contributed by atoms with Gasteiger partial charge in [0.15, 0.2) is 0 Å². The monoisotopic (exact) mass is 262 g/mol. The lowest BCUT2D eigenvalue weighted by Crippen LogP contribution is -2.31. The fourth-order valence-corrected chi connectivity index (χ4v) is 2.66. The molecule has 0 radical (unpaired) electrons. The smallest absolute Gasteiger partial charge is 0.241 e. The number of nitrogens with zero attached hydrogens (tertiary/aromatic N) is 1. The molecule has 3 nitrogen and oxygen atoms in total. The van der Waals surface area contributed by atoms with Crippen LogP contribution in [0.2, 0.25) is 0 Å². The lowest BCUT2D eigenvalue weighted by atomic mass is 10.1. The van der Waals surface area contributed by atoms with Crippen molar-refractivity contribution in [3.63, 3.8) is 0 Å². The van der Waals surface area contributed by atoms with Crippen molar-refractivity contribution >= 4 is 5.91 Å². The van der Waals surface area contributed by atoms with Gasteiger partial charge in [0.2, 0.25) is 5.91 Å². The van der Waals surface area contributed by atoms with E-state index in [9.17, 15) is 9.18 Å². The first kappa shape index (κ1) is 12.6. The molecule has 0 spiro atoms. The topological polar surface area (TPSA) is 32.3 Å². The normalized spacial score (nSPS) is 27.1. The molecule has 102 valence electrons. The van der Waals surface area contributed by atoms with Crippen molar-refractivity contribution in [2.45, 2.75) is 38.4 Å². The second-order valence-corrected chi connectivity index (χ2v) is 5.61. The van der Waals surface area contributed by atoms with Crippen molar-refractivity contribution in [3.8, 4) is 0 Å². The highest BCUT2D eigenvalue weighted by molar-refractivity contribution is 5.84. The van der Waals surface area contributed by atoms with Crippen LogP contribution < -0.4 is 5.32 Å². The Morgan fingerprint density at radius 3 is 2.63 bits per heavy atom. The number of rotatable bonds is 4. The number of carbonyl (C=O) groups is 1. The second-order valence-electron chi connectivity index (χ2n) is 5.61. The molecule has 0 aromatic heterocycles. The summed E-state index contributed by atoms with van der Waals surface area (Å²) in [5, 5.41) is 3.29. The first-order valence-electron chi connectivity index (χ1n) is 6.97. The third kappa shape index (κ3) is 2.63. The average molecular weight is 262 g/mol. The van der Waals surface area contributed by atoms with Gasteiger partial charge < -0.3 is 4.90 Å². The first-order chi connectivity index (χ1) is 9.15. The van der Waals surface area contributed by atoms with Crippen LogP contribution in [0.4, 0.5) is 4.39 Å². The van der Waals surface area contributed by atoms with E-state index in [1.165, 1.54) is 25.0 Å². The summed E-state index contributed by atoms with van der Waals surface area (Å²) in [4.78, 5) is 14.1. The maximum atomic E-state index is 13.0. The zero-order valence-electron chi connectivity index (χ0n) is 11.1. The van der Waals surface area contributed by atoms with E-state index in [0.29, 0.717) is 0 Å². The Hall–Kier alpha value is -1.42. The zero-order chi connectivity index (χ0) is 13.4. The number of nitrogens with one attached hydrogen (secondary N) is 1. The van der Waals surface area contributed by atoms with Crippen molar-refractivity contribution < 1.29 is 9.18 Å². The number of hydrogen-bond donors (Lipinski definition) is 1. The van der Waals surface area contributed by atoms with E-state index < -0.39 is 0 Å². The molecule has 2 unspecified atom stereocenters. The summed E-state index contributed by atoms with van der Waals surface area (Å²) in [5.41, 5.74) is 0.954. The van der Waals surface area contributed by atoms with Gasteiger partial charge in [-0.2, -0.15) is 0 Å². The Labute approximate surface area is 112 Å². The third-order valence-corrected chi connectivity index (χ3v) is 4.03. The standard InChI is InChI=1S/C15H19FN2O/c1-10-15(19)18(9-8-11-2-3-11)14(17-10)12-4-6-13(16)7-5-12/h4-7,10-11,14,17H,2-3,8-9H2,1H3. The summed E-state index contributed by atoms with van der Waals surface area (Å²) in [6.45, 7) is 2.68. The van der Waals surface area contributed by atoms with E-state index in [1.807, 2.05) is 11.8 Å². The van der Waals surface area contributed by atoms with E-state index in [0.717, 1.165) is 24.4 Å². The van der Waals surface area contributed by atoms with Crippen molar-refractivity contribution in [3.05, 3.63) is 35.6 Å². The number of benzene rings is 1. The molecule has 1 amide bonds. The van der Waals surface area contributed by atoms with Crippen LogP contribution in [-0.4, -0.2) is 23.4 Å². The van der Waals surface area contributed by atoms with E-state index in [2.05, 4.69) is 5.32 Å². The highest BCUT2D eigenvalue weighted by Crippen LogP contribution is 2.34. The van der Waals surface area contributed by atoms with Crippen LogP contribution in [-0.2, 0) is 4.79 Å².